The molecule has 0 saturated carbocycles. The quantitative estimate of drug-likeness (QED) is 0.285. The van der Waals surface area contributed by atoms with E-state index in [-0.39, 0.29) is 5.75 Å². The number of rotatable bonds is 4. The molecule has 0 unspecified atom stereocenters. The van der Waals surface area contributed by atoms with E-state index in [9.17, 15) is 5.11 Å². The Balaban J connectivity index is 1.66. The first-order valence-corrected chi connectivity index (χ1v) is 8.86. The number of hydrogen-bond acceptors (Lipinski definition) is 4. The van der Waals surface area contributed by atoms with Crippen molar-refractivity contribution < 1.29 is 5.11 Å². The highest BCUT2D eigenvalue weighted by molar-refractivity contribution is 6.00. The summed E-state index contributed by atoms with van der Waals surface area (Å²) in [6.45, 7) is 2.04. The monoisotopic (exact) mass is 369 g/mol. The molecule has 1 aromatic heterocycles. The van der Waals surface area contributed by atoms with Crippen LogP contribution in [0.5, 0.6) is 5.75 Å². The van der Waals surface area contributed by atoms with Crippen LogP contribution in [0.1, 0.15) is 17.0 Å². The Morgan fingerprint density at radius 3 is 2.50 bits per heavy atom. The van der Waals surface area contributed by atoms with E-state index in [0.29, 0.717) is 11.7 Å². The summed E-state index contributed by atoms with van der Waals surface area (Å²) in [4.78, 5) is 12.5. The normalized spacial score (nSPS) is 12.0. The van der Waals surface area contributed by atoms with E-state index in [1.807, 2.05) is 55.5 Å². The molecule has 1 heterocycles. The molecule has 0 radical (unpaired) electrons. The summed E-state index contributed by atoms with van der Waals surface area (Å²) in [5, 5.41) is 13.7. The third-order valence-corrected chi connectivity index (χ3v) is 4.17. The first-order chi connectivity index (χ1) is 13.7. The summed E-state index contributed by atoms with van der Waals surface area (Å²) in [6, 6.07) is 22.5. The average Bonchev–Trinajstić information content (AvgIpc) is 3.14. The van der Waals surface area contributed by atoms with Crippen molar-refractivity contribution in [2.75, 3.05) is 0 Å². The first kappa shape index (κ1) is 17.5. The minimum atomic E-state index is 0.217. The Morgan fingerprint density at radius 1 is 1.00 bits per heavy atom. The number of hydrazone groups is 1. The molecule has 4 aromatic rings. The molecule has 3 aromatic carbocycles. The second-order valence-corrected chi connectivity index (χ2v) is 6.36. The molecule has 6 nitrogen and oxygen atoms in total. The number of fused-ring (bicyclic) bond motifs is 1. The van der Waals surface area contributed by atoms with Gasteiger partial charge in [-0.1, -0.05) is 29.8 Å². The van der Waals surface area contributed by atoms with E-state index < -0.39 is 0 Å². The number of amidine groups is 1. The molecule has 6 heteroatoms. The van der Waals surface area contributed by atoms with Crippen LogP contribution in [0.3, 0.4) is 0 Å². The molecular weight excluding hydrogens is 350 g/mol. The van der Waals surface area contributed by atoms with Gasteiger partial charge in [0.2, 0.25) is 0 Å². The van der Waals surface area contributed by atoms with Crippen molar-refractivity contribution in [1.82, 2.24) is 15.4 Å². The lowest BCUT2D eigenvalue weighted by atomic mass is 10.2. The minimum absolute atomic E-state index is 0.217. The number of aliphatic imine (C=N–C) groups is 1. The van der Waals surface area contributed by atoms with Gasteiger partial charge in [0, 0.05) is 0 Å². The van der Waals surface area contributed by atoms with Crippen molar-refractivity contribution in [3.05, 3.63) is 89.7 Å². The number of imidazole rings is 1. The molecule has 138 valence electrons. The number of aromatic amines is 1. The molecule has 0 atom stereocenters. The van der Waals surface area contributed by atoms with Crippen molar-refractivity contribution in [3.8, 4) is 5.75 Å². The smallest absolute Gasteiger partial charge is 0.190 e. The zero-order valence-electron chi connectivity index (χ0n) is 15.3. The second kappa shape index (κ2) is 7.75. The van der Waals surface area contributed by atoms with E-state index in [4.69, 9.17) is 0 Å². The molecule has 0 aliphatic heterocycles. The summed E-state index contributed by atoms with van der Waals surface area (Å²) >= 11 is 0. The van der Waals surface area contributed by atoms with E-state index in [2.05, 4.69) is 25.5 Å². The number of phenols is 1. The molecule has 0 amide bonds. The number of para-hydroxylation sites is 2. The van der Waals surface area contributed by atoms with Crippen LogP contribution in [-0.2, 0) is 0 Å². The summed E-state index contributed by atoms with van der Waals surface area (Å²) < 4.78 is 0. The molecule has 28 heavy (non-hydrogen) atoms. The second-order valence-electron chi connectivity index (χ2n) is 6.36. The van der Waals surface area contributed by atoms with Crippen molar-refractivity contribution in [3.63, 3.8) is 0 Å². The zero-order chi connectivity index (χ0) is 19.3. The molecule has 0 saturated heterocycles. The Bertz CT molecular complexity index is 1110. The van der Waals surface area contributed by atoms with Gasteiger partial charge in [0.1, 0.15) is 5.75 Å². The largest absolute Gasteiger partial charge is 0.508 e. The van der Waals surface area contributed by atoms with Gasteiger partial charge in [0.25, 0.3) is 0 Å². The number of H-pyrrole nitrogens is 1. The first-order valence-electron chi connectivity index (χ1n) is 8.86. The lowest BCUT2D eigenvalue weighted by Crippen LogP contribution is -2.20. The van der Waals surface area contributed by atoms with Crippen LogP contribution in [0.25, 0.3) is 11.0 Å². The number of nitrogens with zero attached hydrogens (tertiary/aromatic N) is 3. The number of benzene rings is 3. The molecule has 3 N–H and O–H groups in total. The van der Waals surface area contributed by atoms with Crippen molar-refractivity contribution >= 4 is 28.8 Å². The number of aromatic hydroxyl groups is 1. The van der Waals surface area contributed by atoms with Gasteiger partial charge in [-0.2, -0.15) is 5.10 Å². The average molecular weight is 369 g/mol. The molecule has 0 spiro atoms. The lowest BCUT2D eigenvalue weighted by Gasteiger charge is -2.03. The summed E-state index contributed by atoms with van der Waals surface area (Å²) in [5.41, 5.74) is 7.60. The third kappa shape index (κ3) is 4.07. The number of hydrogen-bond donors (Lipinski definition) is 3. The predicted molar refractivity (Wildman–Crippen MR) is 112 cm³/mol. The Kier molecular flexibility index (Phi) is 4.84. The van der Waals surface area contributed by atoms with Gasteiger partial charge in [-0.3, -0.25) is 5.43 Å². The Hall–Kier alpha value is -3.93. The molecule has 0 aliphatic rings. The van der Waals surface area contributed by atoms with Crippen LogP contribution >= 0.6 is 0 Å². The van der Waals surface area contributed by atoms with E-state index in [1.165, 1.54) is 5.56 Å². The van der Waals surface area contributed by atoms with E-state index in [0.717, 1.165) is 22.3 Å². The highest BCUT2D eigenvalue weighted by Crippen LogP contribution is 2.16. The number of phenolic OH excluding ortho intramolecular Hbond substituents is 1. The van der Waals surface area contributed by atoms with Crippen molar-refractivity contribution in [1.29, 1.82) is 0 Å². The van der Waals surface area contributed by atoms with Crippen LogP contribution in [-0.4, -0.2) is 27.1 Å². The van der Waals surface area contributed by atoms with Gasteiger partial charge >= 0.3 is 0 Å². The Labute approximate surface area is 162 Å². The molecule has 0 fully saturated rings. The fraction of sp³-hybridized carbons (Fsp3) is 0.0455. The molecule has 0 bridgehead atoms. The molecule has 4 rings (SSSR count). The van der Waals surface area contributed by atoms with Gasteiger partial charge in [-0.05, 0) is 61.0 Å². The number of aromatic nitrogens is 2. The fourth-order valence-corrected chi connectivity index (χ4v) is 2.67. The third-order valence-electron chi connectivity index (χ3n) is 4.17. The summed E-state index contributed by atoms with van der Waals surface area (Å²) in [5.74, 6) is 1.33. The zero-order valence-corrected chi connectivity index (χ0v) is 15.3. The lowest BCUT2D eigenvalue weighted by molar-refractivity contribution is 0.475. The highest BCUT2D eigenvalue weighted by Gasteiger charge is 2.09. The topological polar surface area (TPSA) is 85.7 Å². The highest BCUT2D eigenvalue weighted by atomic mass is 16.3. The minimum Gasteiger partial charge on any atom is -0.508 e. The van der Waals surface area contributed by atoms with Crippen LogP contribution in [0.2, 0.25) is 0 Å². The van der Waals surface area contributed by atoms with Crippen LogP contribution < -0.4 is 5.43 Å². The summed E-state index contributed by atoms with van der Waals surface area (Å²) in [6.07, 6.45) is 1.66. The van der Waals surface area contributed by atoms with Crippen LogP contribution in [0.4, 0.5) is 5.69 Å². The fourth-order valence-electron chi connectivity index (χ4n) is 2.67. The molecule has 0 aliphatic carbocycles. The van der Waals surface area contributed by atoms with E-state index >= 15 is 0 Å². The molecular formula is C22H19N5O. The van der Waals surface area contributed by atoms with Gasteiger partial charge in [0.05, 0.1) is 22.9 Å². The van der Waals surface area contributed by atoms with Gasteiger partial charge < -0.3 is 10.1 Å². The van der Waals surface area contributed by atoms with Crippen LogP contribution in [0.15, 0.2) is 82.9 Å². The standard InChI is InChI=1S/C22H19N5O/c1-15-6-10-17(11-7-15)24-22(21-25-19-4-2-3-5-20(19)26-21)27-23-14-16-8-12-18(28)13-9-16/h2-14,28H,1H3,(H,24,27)(H,25,26). The Morgan fingerprint density at radius 2 is 1.75 bits per heavy atom. The number of nitrogens with one attached hydrogen (secondary N) is 2. The van der Waals surface area contributed by atoms with E-state index in [1.54, 1.807) is 30.5 Å². The van der Waals surface area contributed by atoms with Crippen molar-refractivity contribution in [2.45, 2.75) is 6.92 Å². The number of aryl methyl sites for hydroxylation is 1. The SMILES string of the molecule is Cc1ccc(N=C(NN=Cc2ccc(O)cc2)c2nc3ccccc3[nH]2)cc1. The van der Waals surface area contributed by atoms with Gasteiger partial charge in [0.15, 0.2) is 11.7 Å². The maximum atomic E-state index is 9.38. The van der Waals surface area contributed by atoms with Gasteiger partial charge in [-0.15, -0.1) is 0 Å². The maximum Gasteiger partial charge on any atom is 0.190 e. The van der Waals surface area contributed by atoms with Gasteiger partial charge in [-0.25, -0.2) is 9.98 Å². The summed E-state index contributed by atoms with van der Waals surface area (Å²) in [7, 11) is 0. The van der Waals surface area contributed by atoms with Crippen molar-refractivity contribution in [2.24, 2.45) is 10.1 Å². The predicted octanol–water partition coefficient (Wildman–Crippen LogP) is 4.28. The van der Waals surface area contributed by atoms with Crippen LogP contribution in [0, 0.1) is 6.92 Å². The maximum absolute atomic E-state index is 9.38.